The summed E-state index contributed by atoms with van der Waals surface area (Å²) in [4.78, 5) is 8.79. The highest BCUT2D eigenvalue weighted by molar-refractivity contribution is 7.99. The summed E-state index contributed by atoms with van der Waals surface area (Å²) >= 11 is 7.95. The molecular formula is C11H15ClN4S. The van der Waals surface area contributed by atoms with Crippen molar-refractivity contribution in [1.29, 1.82) is 0 Å². The molecule has 2 heterocycles. The maximum atomic E-state index is 6.11. The zero-order valence-corrected chi connectivity index (χ0v) is 11.7. The minimum Gasteiger partial charge on any atom is -0.250 e. The number of aromatic nitrogens is 4. The van der Waals surface area contributed by atoms with E-state index >= 15 is 0 Å². The van der Waals surface area contributed by atoms with E-state index in [1.807, 2.05) is 18.8 Å². The fraction of sp³-hybridized carbons (Fsp3) is 0.545. The average Bonchev–Trinajstić information content (AvgIpc) is 2.69. The lowest BCUT2D eigenvalue weighted by molar-refractivity contribution is 0.782. The van der Waals surface area contributed by atoms with Crippen molar-refractivity contribution in [2.24, 2.45) is 7.05 Å². The summed E-state index contributed by atoms with van der Waals surface area (Å²) in [6, 6.07) is 0. The Morgan fingerprint density at radius 1 is 1.47 bits per heavy atom. The van der Waals surface area contributed by atoms with Gasteiger partial charge in [0.2, 0.25) is 0 Å². The fourth-order valence-electron chi connectivity index (χ4n) is 1.43. The van der Waals surface area contributed by atoms with Gasteiger partial charge < -0.3 is 0 Å². The summed E-state index contributed by atoms with van der Waals surface area (Å²) in [6.07, 6.45) is 2.84. The van der Waals surface area contributed by atoms with Crippen molar-refractivity contribution in [2.75, 3.05) is 0 Å². The molecule has 1 atom stereocenters. The molecule has 0 aliphatic carbocycles. The van der Waals surface area contributed by atoms with Crippen molar-refractivity contribution < 1.29 is 0 Å². The van der Waals surface area contributed by atoms with Crippen LogP contribution >= 0.6 is 23.4 Å². The molecule has 0 N–H and O–H groups in total. The Balaban J connectivity index is 2.26. The zero-order valence-electron chi connectivity index (χ0n) is 10.1. The number of hydrogen-bond acceptors (Lipinski definition) is 4. The minimum atomic E-state index is 0.489. The van der Waals surface area contributed by atoms with E-state index in [-0.39, 0.29) is 0 Å². The summed E-state index contributed by atoms with van der Waals surface area (Å²) < 4.78 is 1.72. The Morgan fingerprint density at radius 2 is 2.24 bits per heavy atom. The van der Waals surface area contributed by atoms with Gasteiger partial charge in [-0.15, -0.1) is 0 Å². The van der Waals surface area contributed by atoms with E-state index in [0.29, 0.717) is 10.4 Å². The zero-order chi connectivity index (χ0) is 12.4. The summed E-state index contributed by atoms with van der Waals surface area (Å²) in [5.74, 6) is 1.56. The third kappa shape index (κ3) is 2.72. The third-order valence-electron chi connectivity index (χ3n) is 2.66. The SMILES string of the molecule is CCC(C)SCc1nc(Cl)c2cnn(C)c2n1. The Morgan fingerprint density at radius 3 is 2.94 bits per heavy atom. The van der Waals surface area contributed by atoms with Gasteiger partial charge in [0, 0.05) is 12.3 Å². The first kappa shape index (κ1) is 12.6. The predicted octanol–water partition coefficient (Wildman–Crippen LogP) is 3.05. The number of halogens is 1. The minimum absolute atomic E-state index is 0.489. The molecule has 0 fully saturated rings. The molecule has 4 nitrogen and oxygen atoms in total. The van der Waals surface area contributed by atoms with E-state index in [1.165, 1.54) is 0 Å². The summed E-state index contributed by atoms with van der Waals surface area (Å²) in [5.41, 5.74) is 0.796. The van der Waals surface area contributed by atoms with Crippen molar-refractivity contribution in [2.45, 2.75) is 31.3 Å². The highest BCUT2D eigenvalue weighted by Crippen LogP contribution is 2.23. The van der Waals surface area contributed by atoms with Crippen LogP contribution in [0.1, 0.15) is 26.1 Å². The van der Waals surface area contributed by atoms with Crippen LogP contribution in [0.4, 0.5) is 0 Å². The van der Waals surface area contributed by atoms with Gasteiger partial charge in [-0.3, -0.25) is 4.68 Å². The monoisotopic (exact) mass is 270 g/mol. The van der Waals surface area contributed by atoms with Gasteiger partial charge in [-0.05, 0) is 6.42 Å². The normalized spacial score (nSPS) is 13.2. The molecule has 0 radical (unpaired) electrons. The van der Waals surface area contributed by atoms with E-state index in [0.717, 1.165) is 29.0 Å². The van der Waals surface area contributed by atoms with E-state index in [4.69, 9.17) is 11.6 Å². The van der Waals surface area contributed by atoms with Crippen molar-refractivity contribution >= 4 is 34.4 Å². The number of fused-ring (bicyclic) bond motifs is 1. The van der Waals surface area contributed by atoms with Crippen LogP contribution in [0.5, 0.6) is 0 Å². The highest BCUT2D eigenvalue weighted by Gasteiger charge is 2.10. The Hall–Kier alpha value is -0.810. The molecule has 6 heteroatoms. The molecule has 1 unspecified atom stereocenters. The number of aryl methyl sites for hydroxylation is 1. The quantitative estimate of drug-likeness (QED) is 0.801. The molecule has 0 saturated heterocycles. The van der Waals surface area contributed by atoms with E-state index in [2.05, 4.69) is 28.9 Å². The van der Waals surface area contributed by atoms with Gasteiger partial charge in [-0.1, -0.05) is 25.4 Å². The molecule has 92 valence electrons. The van der Waals surface area contributed by atoms with Gasteiger partial charge >= 0.3 is 0 Å². The molecule has 0 aliphatic heterocycles. The molecule has 2 aromatic rings. The average molecular weight is 271 g/mol. The van der Waals surface area contributed by atoms with Crippen LogP contribution < -0.4 is 0 Å². The Kier molecular flexibility index (Phi) is 3.89. The van der Waals surface area contributed by atoms with Crippen molar-refractivity contribution in [3.05, 3.63) is 17.2 Å². The van der Waals surface area contributed by atoms with Gasteiger partial charge in [-0.2, -0.15) is 16.9 Å². The van der Waals surface area contributed by atoms with E-state index < -0.39 is 0 Å². The highest BCUT2D eigenvalue weighted by atomic mass is 35.5. The number of rotatable bonds is 4. The van der Waals surface area contributed by atoms with Gasteiger partial charge in [0.15, 0.2) is 5.65 Å². The first-order valence-electron chi connectivity index (χ1n) is 5.57. The Bertz CT molecular complexity index is 525. The Labute approximate surface area is 110 Å². The molecular weight excluding hydrogens is 256 g/mol. The molecule has 2 rings (SSSR count). The van der Waals surface area contributed by atoms with Crippen molar-refractivity contribution in [3.63, 3.8) is 0 Å². The van der Waals surface area contributed by atoms with Gasteiger partial charge in [-0.25, -0.2) is 9.97 Å². The second kappa shape index (κ2) is 5.23. The maximum Gasteiger partial charge on any atom is 0.162 e. The molecule has 2 aromatic heterocycles. The number of hydrogen-bond donors (Lipinski definition) is 0. The third-order valence-corrected chi connectivity index (χ3v) is 4.28. The summed E-state index contributed by atoms with van der Waals surface area (Å²) in [5, 5.41) is 6.04. The smallest absolute Gasteiger partial charge is 0.162 e. The van der Waals surface area contributed by atoms with Gasteiger partial charge in [0.05, 0.1) is 17.3 Å². The molecule has 0 spiro atoms. The van der Waals surface area contributed by atoms with Crippen LogP contribution in [0.2, 0.25) is 5.15 Å². The van der Waals surface area contributed by atoms with Crippen LogP contribution in [0, 0.1) is 0 Å². The first-order valence-corrected chi connectivity index (χ1v) is 7.00. The van der Waals surface area contributed by atoms with Crippen LogP contribution in [-0.4, -0.2) is 25.0 Å². The topological polar surface area (TPSA) is 43.6 Å². The van der Waals surface area contributed by atoms with Crippen molar-refractivity contribution in [3.8, 4) is 0 Å². The fourth-order valence-corrected chi connectivity index (χ4v) is 2.46. The lowest BCUT2D eigenvalue weighted by Crippen LogP contribution is -2.00. The molecule has 0 aromatic carbocycles. The first-order chi connectivity index (χ1) is 8.11. The largest absolute Gasteiger partial charge is 0.250 e. The van der Waals surface area contributed by atoms with Crippen LogP contribution in [0.3, 0.4) is 0 Å². The summed E-state index contributed by atoms with van der Waals surface area (Å²) in [7, 11) is 1.86. The standard InChI is InChI=1S/C11H15ClN4S/c1-4-7(2)17-6-9-14-10(12)8-5-13-16(3)11(8)15-9/h5,7H,4,6H2,1-3H3. The van der Waals surface area contributed by atoms with Gasteiger partial charge in [0.1, 0.15) is 11.0 Å². The van der Waals surface area contributed by atoms with E-state index in [1.54, 1.807) is 10.9 Å². The lowest BCUT2D eigenvalue weighted by Gasteiger charge is -2.07. The lowest BCUT2D eigenvalue weighted by atomic mass is 10.4. The molecule has 0 aliphatic rings. The van der Waals surface area contributed by atoms with Crippen LogP contribution in [-0.2, 0) is 12.8 Å². The molecule has 17 heavy (non-hydrogen) atoms. The number of nitrogens with zero attached hydrogens (tertiary/aromatic N) is 4. The second-order valence-electron chi connectivity index (χ2n) is 3.97. The van der Waals surface area contributed by atoms with E-state index in [9.17, 15) is 0 Å². The molecule has 0 amide bonds. The van der Waals surface area contributed by atoms with Crippen LogP contribution in [0.15, 0.2) is 6.20 Å². The van der Waals surface area contributed by atoms with Gasteiger partial charge in [0.25, 0.3) is 0 Å². The predicted molar refractivity (Wildman–Crippen MR) is 72.4 cm³/mol. The van der Waals surface area contributed by atoms with Crippen molar-refractivity contribution in [1.82, 2.24) is 19.7 Å². The molecule has 0 saturated carbocycles. The summed E-state index contributed by atoms with van der Waals surface area (Å²) in [6.45, 7) is 4.38. The number of thioether (sulfide) groups is 1. The van der Waals surface area contributed by atoms with Crippen LogP contribution in [0.25, 0.3) is 11.0 Å². The molecule has 0 bridgehead atoms. The maximum absolute atomic E-state index is 6.11. The second-order valence-corrected chi connectivity index (χ2v) is 5.75.